The van der Waals surface area contributed by atoms with Crippen LogP contribution in [0.2, 0.25) is 0 Å². The number of rotatable bonds is 10. The number of benzene rings is 2. The van der Waals surface area contributed by atoms with Crippen LogP contribution in [-0.2, 0) is 30.9 Å². The zero-order valence-electron chi connectivity index (χ0n) is 21.6. The fourth-order valence-electron chi connectivity index (χ4n) is 4.65. The van der Waals surface area contributed by atoms with E-state index in [4.69, 9.17) is 4.74 Å². The van der Waals surface area contributed by atoms with Crippen molar-refractivity contribution in [1.82, 2.24) is 19.6 Å². The number of nitrogens with one attached hydrogen (secondary N) is 1. The second-order valence-electron chi connectivity index (χ2n) is 9.31. The van der Waals surface area contributed by atoms with Gasteiger partial charge in [0.1, 0.15) is 0 Å². The maximum atomic E-state index is 13.1. The molecule has 9 nitrogen and oxygen atoms in total. The van der Waals surface area contributed by atoms with Gasteiger partial charge in [0.25, 0.3) is 5.91 Å². The first-order valence-corrected chi connectivity index (χ1v) is 14.0. The molecule has 2 aliphatic rings. The number of carbonyl (C=O) groups is 1. The number of hydroxylamine groups is 1. The minimum absolute atomic E-state index is 0.153. The maximum absolute atomic E-state index is 13.1. The van der Waals surface area contributed by atoms with Crippen molar-refractivity contribution < 1.29 is 22.8 Å². The number of hydrogen-bond donors (Lipinski definition) is 1. The maximum Gasteiger partial charge on any atom is 0.270 e. The minimum Gasteiger partial charge on any atom is -0.383 e. The van der Waals surface area contributed by atoms with E-state index < -0.39 is 10.0 Å². The molecule has 0 radical (unpaired) electrons. The molecule has 0 aromatic heterocycles. The fraction of sp³-hybridized carbons (Fsp3) is 0.444. The topological polar surface area (TPSA) is 91.4 Å². The molecule has 0 aliphatic carbocycles. The lowest BCUT2D eigenvalue weighted by Crippen LogP contribution is -2.46. The monoisotopic (exact) mass is 528 g/mol. The number of hydrogen-bond acceptors (Lipinski definition) is 7. The second-order valence-corrected chi connectivity index (χ2v) is 11.2. The van der Waals surface area contributed by atoms with Crippen molar-refractivity contribution >= 4 is 15.9 Å². The van der Waals surface area contributed by atoms with Crippen LogP contribution in [0.15, 0.2) is 65.1 Å². The highest BCUT2D eigenvalue weighted by atomic mass is 32.2. The second kappa shape index (κ2) is 12.8. The summed E-state index contributed by atoms with van der Waals surface area (Å²) in [5.41, 5.74) is 6.08. The summed E-state index contributed by atoms with van der Waals surface area (Å²) in [6, 6.07) is 15.5. The van der Waals surface area contributed by atoms with Crippen molar-refractivity contribution in [3.63, 3.8) is 0 Å². The lowest BCUT2D eigenvalue weighted by Gasteiger charge is -2.34. The van der Waals surface area contributed by atoms with Crippen LogP contribution >= 0.6 is 0 Å². The number of nitrogens with zero attached hydrogens (tertiary/aromatic N) is 3. The first-order chi connectivity index (χ1) is 17.9. The molecule has 4 rings (SSSR count). The van der Waals surface area contributed by atoms with Crippen molar-refractivity contribution in [3.8, 4) is 11.1 Å². The third-order valence-electron chi connectivity index (χ3n) is 6.92. The average molecular weight is 529 g/mol. The van der Waals surface area contributed by atoms with Gasteiger partial charge < -0.3 is 4.74 Å². The Balaban J connectivity index is 1.33. The van der Waals surface area contributed by atoms with E-state index in [9.17, 15) is 13.2 Å². The van der Waals surface area contributed by atoms with E-state index in [1.54, 1.807) is 25.3 Å². The Morgan fingerprint density at radius 2 is 1.51 bits per heavy atom. The van der Waals surface area contributed by atoms with Gasteiger partial charge in [0.15, 0.2) is 0 Å². The van der Waals surface area contributed by atoms with Crippen LogP contribution in [0.5, 0.6) is 0 Å². The highest BCUT2D eigenvalue weighted by Crippen LogP contribution is 2.25. The van der Waals surface area contributed by atoms with Crippen molar-refractivity contribution in [2.45, 2.75) is 17.9 Å². The van der Waals surface area contributed by atoms with Crippen LogP contribution in [0, 0.1) is 0 Å². The molecule has 2 aromatic rings. The van der Waals surface area contributed by atoms with Gasteiger partial charge in [0, 0.05) is 65.0 Å². The zero-order chi connectivity index (χ0) is 26.3. The molecule has 1 N–H and O–H groups in total. The van der Waals surface area contributed by atoms with Crippen LogP contribution in [0.3, 0.4) is 0 Å². The van der Waals surface area contributed by atoms with E-state index in [2.05, 4.69) is 44.4 Å². The molecule has 200 valence electrons. The number of piperazine rings is 1. The summed E-state index contributed by atoms with van der Waals surface area (Å²) < 4.78 is 32.8. The summed E-state index contributed by atoms with van der Waals surface area (Å²) in [6.07, 6.45) is 1.97. The van der Waals surface area contributed by atoms with E-state index in [0.29, 0.717) is 12.0 Å². The third-order valence-corrected chi connectivity index (χ3v) is 8.80. The quantitative estimate of drug-likeness (QED) is 0.473. The summed E-state index contributed by atoms with van der Waals surface area (Å²) in [5.74, 6) is -0.338. The van der Waals surface area contributed by atoms with Gasteiger partial charge in [0.05, 0.1) is 18.6 Å². The molecule has 0 bridgehead atoms. The van der Waals surface area contributed by atoms with Gasteiger partial charge in [0.2, 0.25) is 10.0 Å². The van der Waals surface area contributed by atoms with E-state index in [-0.39, 0.29) is 23.9 Å². The molecule has 0 unspecified atom stereocenters. The molecule has 0 spiro atoms. The van der Waals surface area contributed by atoms with Crippen LogP contribution in [0.4, 0.5) is 0 Å². The molecule has 1 fully saturated rings. The van der Waals surface area contributed by atoms with Gasteiger partial charge in [-0.25, -0.2) is 13.9 Å². The lowest BCUT2D eigenvalue weighted by atomic mass is 10.0. The van der Waals surface area contributed by atoms with Gasteiger partial charge in [-0.3, -0.25) is 19.4 Å². The van der Waals surface area contributed by atoms with Gasteiger partial charge >= 0.3 is 0 Å². The molecular weight excluding hydrogens is 492 g/mol. The summed E-state index contributed by atoms with van der Waals surface area (Å²) in [6.45, 7) is 7.32. The molecule has 2 heterocycles. The fourth-order valence-corrected chi connectivity index (χ4v) is 6.03. The van der Waals surface area contributed by atoms with Gasteiger partial charge in [-0.05, 0) is 35.2 Å². The van der Waals surface area contributed by atoms with E-state index >= 15 is 0 Å². The standard InChI is InChI=1S/C27H36N4O5S/c1-35-20-19-29-15-17-30(18-16-29)21-22-3-5-23(6-4-22)24-7-9-26(10-8-24)37(33,34)31-13-11-25(12-14-31)27(32)28-36-2/h3-11H,12-21H2,1-2H3,(H,28,32). The summed E-state index contributed by atoms with van der Waals surface area (Å²) in [5, 5.41) is 0. The smallest absolute Gasteiger partial charge is 0.270 e. The molecule has 0 atom stereocenters. The van der Waals surface area contributed by atoms with Crippen molar-refractivity contribution in [3.05, 3.63) is 65.7 Å². The highest BCUT2D eigenvalue weighted by Gasteiger charge is 2.27. The highest BCUT2D eigenvalue weighted by molar-refractivity contribution is 7.89. The number of carbonyl (C=O) groups excluding carboxylic acids is 1. The SMILES string of the molecule is COCCN1CCN(Cc2ccc(-c3ccc(S(=O)(=O)N4CC=C(C(=O)NOC)CC4)cc3)cc2)CC1. The number of sulfonamides is 1. The normalized spacial score (nSPS) is 17.9. The Kier molecular flexibility index (Phi) is 9.47. The molecule has 10 heteroatoms. The Bertz CT molecular complexity index is 1170. The Morgan fingerprint density at radius 1 is 0.892 bits per heavy atom. The first kappa shape index (κ1) is 27.4. The van der Waals surface area contributed by atoms with Crippen LogP contribution < -0.4 is 5.48 Å². The van der Waals surface area contributed by atoms with Gasteiger partial charge in [-0.1, -0.05) is 42.5 Å². The predicted octanol–water partition coefficient (Wildman–Crippen LogP) is 2.12. The minimum atomic E-state index is -3.64. The molecule has 2 aromatic carbocycles. The van der Waals surface area contributed by atoms with Crippen LogP contribution in [0.1, 0.15) is 12.0 Å². The van der Waals surface area contributed by atoms with Crippen LogP contribution in [-0.4, -0.2) is 95.1 Å². The molecule has 1 amide bonds. The van der Waals surface area contributed by atoms with E-state index in [1.807, 2.05) is 12.1 Å². The number of amides is 1. The summed E-state index contributed by atoms with van der Waals surface area (Å²) in [7, 11) is -0.537. The molecule has 37 heavy (non-hydrogen) atoms. The third kappa shape index (κ3) is 7.04. The van der Waals surface area contributed by atoms with Gasteiger partial charge in [-0.2, -0.15) is 4.31 Å². The first-order valence-electron chi connectivity index (χ1n) is 12.6. The Hall–Kier alpha value is -2.60. The largest absolute Gasteiger partial charge is 0.383 e. The molecule has 0 saturated carbocycles. The number of ether oxygens (including phenoxy) is 1. The average Bonchev–Trinajstić information content (AvgIpc) is 2.93. The van der Waals surface area contributed by atoms with Crippen molar-refractivity contribution in [2.24, 2.45) is 0 Å². The van der Waals surface area contributed by atoms with Crippen molar-refractivity contribution in [1.29, 1.82) is 0 Å². The molecule has 1 saturated heterocycles. The zero-order valence-corrected chi connectivity index (χ0v) is 22.4. The Morgan fingerprint density at radius 3 is 2.08 bits per heavy atom. The van der Waals surface area contributed by atoms with Gasteiger partial charge in [-0.15, -0.1) is 0 Å². The lowest BCUT2D eigenvalue weighted by molar-refractivity contribution is -0.127. The predicted molar refractivity (Wildman–Crippen MR) is 142 cm³/mol. The van der Waals surface area contributed by atoms with Crippen molar-refractivity contribution in [2.75, 3.05) is 66.6 Å². The van der Waals surface area contributed by atoms with E-state index in [0.717, 1.165) is 57.0 Å². The van der Waals surface area contributed by atoms with E-state index in [1.165, 1.54) is 17.0 Å². The summed E-state index contributed by atoms with van der Waals surface area (Å²) >= 11 is 0. The number of methoxy groups -OCH3 is 1. The molecule has 2 aliphatic heterocycles. The molecular formula is C27H36N4O5S. The van der Waals surface area contributed by atoms with Crippen LogP contribution in [0.25, 0.3) is 11.1 Å². The summed E-state index contributed by atoms with van der Waals surface area (Å²) in [4.78, 5) is 21.7. The Labute approximate surface area is 219 Å².